The summed E-state index contributed by atoms with van der Waals surface area (Å²) in [7, 11) is 0. The number of ether oxygens (including phenoxy) is 1. The van der Waals surface area contributed by atoms with Gasteiger partial charge >= 0.3 is 0 Å². The minimum Gasteiger partial charge on any atom is -0.377 e. The van der Waals surface area contributed by atoms with E-state index in [-0.39, 0.29) is 11.9 Å². The molecular weight excluding hydrogens is 316 g/mol. The number of piperidine rings is 1. The first-order valence-electron chi connectivity index (χ1n) is 9.50. The minimum absolute atomic E-state index is 0.0201. The Morgan fingerprint density at radius 1 is 1.48 bits per heavy atom. The van der Waals surface area contributed by atoms with Crippen molar-refractivity contribution in [2.45, 2.75) is 51.8 Å². The van der Waals surface area contributed by atoms with Crippen LogP contribution in [0.5, 0.6) is 0 Å². The van der Waals surface area contributed by atoms with Gasteiger partial charge in [0, 0.05) is 51.1 Å². The average Bonchev–Trinajstić information content (AvgIpc) is 3.26. The monoisotopic (exact) mass is 346 g/mol. The predicted molar refractivity (Wildman–Crippen MR) is 98.1 cm³/mol. The molecule has 6 heteroatoms. The lowest BCUT2D eigenvalue weighted by molar-refractivity contribution is -0.117. The van der Waals surface area contributed by atoms with E-state index < -0.39 is 0 Å². The maximum atomic E-state index is 12.3. The number of amides is 1. The van der Waals surface area contributed by atoms with Crippen LogP contribution in [0.2, 0.25) is 0 Å². The number of nitrogens with zero attached hydrogens (tertiary/aromatic N) is 3. The quantitative estimate of drug-likeness (QED) is 0.800. The summed E-state index contributed by atoms with van der Waals surface area (Å²) in [4.78, 5) is 14.7. The molecule has 0 radical (unpaired) electrons. The summed E-state index contributed by atoms with van der Waals surface area (Å²) in [6.07, 6.45) is 9.00. The zero-order valence-electron chi connectivity index (χ0n) is 15.4. The second-order valence-corrected chi connectivity index (χ2v) is 7.18. The molecule has 1 aromatic rings. The Hall–Kier alpha value is -1.66. The highest BCUT2D eigenvalue weighted by Gasteiger charge is 2.29. The van der Waals surface area contributed by atoms with Crippen molar-refractivity contribution < 1.29 is 9.53 Å². The van der Waals surface area contributed by atoms with Crippen LogP contribution < -0.4 is 5.32 Å². The summed E-state index contributed by atoms with van der Waals surface area (Å²) in [5, 5.41) is 7.38. The summed E-state index contributed by atoms with van der Waals surface area (Å²) in [5.41, 5.74) is 0.956. The van der Waals surface area contributed by atoms with E-state index in [1.165, 1.54) is 12.8 Å². The SMILES string of the molecule is CCn1nccc1/C=C/C(=O)NC1CCN(CC2CCCO2)CC1C. The van der Waals surface area contributed by atoms with Crippen molar-refractivity contribution >= 4 is 12.0 Å². The van der Waals surface area contributed by atoms with Crippen LogP contribution in [0, 0.1) is 5.92 Å². The van der Waals surface area contributed by atoms with Crippen molar-refractivity contribution in [2.24, 2.45) is 5.92 Å². The summed E-state index contributed by atoms with van der Waals surface area (Å²) < 4.78 is 7.61. The van der Waals surface area contributed by atoms with Gasteiger partial charge in [-0.15, -0.1) is 0 Å². The first-order chi connectivity index (χ1) is 12.2. The standard InChI is InChI=1S/C19H30N4O2/c1-3-23-16(8-10-20-23)6-7-19(24)21-18-9-11-22(13-15(18)2)14-17-5-4-12-25-17/h6-8,10,15,17-18H,3-5,9,11-14H2,1-2H3,(H,21,24)/b7-6+. The second-order valence-electron chi connectivity index (χ2n) is 7.18. The first-order valence-corrected chi connectivity index (χ1v) is 9.50. The third-order valence-corrected chi connectivity index (χ3v) is 5.26. The fourth-order valence-corrected chi connectivity index (χ4v) is 3.83. The van der Waals surface area contributed by atoms with Gasteiger partial charge < -0.3 is 15.0 Å². The van der Waals surface area contributed by atoms with Crippen molar-refractivity contribution in [2.75, 3.05) is 26.2 Å². The number of carbonyl (C=O) groups excluding carboxylic acids is 1. The Kier molecular flexibility index (Phi) is 6.26. The van der Waals surface area contributed by atoms with Crippen LogP contribution >= 0.6 is 0 Å². The Morgan fingerprint density at radius 3 is 3.08 bits per heavy atom. The number of nitrogens with one attached hydrogen (secondary N) is 1. The average molecular weight is 346 g/mol. The van der Waals surface area contributed by atoms with Crippen molar-refractivity contribution in [3.8, 4) is 0 Å². The Bertz CT molecular complexity index is 592. The van der Waals surface area contributed by atoms with E-state index in [2.05, 4.69) is 22.2 Å². The summed E-state index contributed by atoms with van der Waals surface area (Å²) in [6, 6.07) is 2.16. The topological polar surface area (TPSA) is 59.4 Å². The molecule has 3 heterocycles. The van der Waals surface area contributed by atoms with E-state index >= 15 is 0 Å². The highest BCUT2D eigenvalue weighted by Crippen LogP contribution is 2.20. The molecule has 0 aromatic carbocycles. The van der Waals surface area contributed by atoms with Crippen LogP contribution in [0.25, 0.3) is 6.08 Å². The fraction of sp³-hybridized carbons (Fsp3) is 0.684. The lowest BCUT2D eigenvalue weighted by atomic mass is 9.93. The van der Waals surface area contributed by atoms with Crippen LogP contribution in [0.4, 0.5) is 0 Å². The van der Waals surface area contributed by atoms with Crippen LogP contribution in [-0.4, -0.2) is 59.0 Å². The molecule has 1 amide bonds. The van der Waals surface area contributed by atoms with Crippen LogP contribution in [0.1, 0.15) is 38.8 Å². The molecule has 138 valence electrons. The highest BCUT2D eigenvalue weighted by atomic mass is 16.5. The zero-order valence-corrected chi connectivity index (χ0v) is 15.4. The van der Waals surface area contributed by atoms with Gasteiger partial charge in [0.25, 0.3) is 0 Å². The first kappa shape index (κ1) is 18.1. The van der Waals surface area contributed by atoms with Gasteiger partial charge in [-0.2, -0.15) is 5.10 Å². The smallest absolute Gasteiger partial charge is 0.244 e. The van der Waals surface area contributed by atoms with Crippen LogP contribution in [0.3, 0.4) is 0 Å². The molecule has 1 N–H and O–H groups in total. The molecule has 2 fully saturated rings. The lowest BCUT2D eigenvalue weighted by Gasteiger charge is -2.38. The van der Waals surface area contributed by atoms with Crippen molar-refractivity contribution in [1.82, 2.24) is 20.0 Å². The molecule has 6 nitrogen and oxygen atoms in total. The van der Waals surface area contributed by atoms with Gasteiger partial charge in [-0.1, -0.05) is 6.92 Å². The third kappa shape index (κ3) is 4.92. The number of hydrogen-bond acceptors (Lipinski definition) is 4. The minimum atomic E-state index is -0.0201. The Balaban J connectivity index is 1.45. The van der Waals surface area contributed by atoms with Crippen molar-refractivity contribution in [3.63, 3.8) is 0 Å². The number of hydrogen-bond donors (Lipinski definition) is 1. The molecule has 3 atom stereocenters. The molecule has 1 aromatic heterocycles. The van der Waals surface area contributed by atoms with E-state index in [1.54, 1.807) is 12.3 Å². The van der Waals surface area contributed by atoms with E-state index in [0.29, 0.717) is 12.0 Å². The number of rotatable bonds is 6. The Labute approximate surface area is 150 Å². The maximum absolute atomic E-state index is 12.3. The molecule has 0 bridgehead atoms. The molecular formula is C19H30N4O2. The Morgan fingerprint density at radius 2 is 2.36 bits per heavy atom. The molecule has 0 aliphatic carbocycles. The van der Waals surface area contributed by atoms with E-state index in [4.69, 9.17) is 4.74 Å². The zero-order chi connectivity index (χ0) is 17.6. The van der Waals surface area contributed by atoms with Gasteiger partial charge in [0.15, 0.2) is 0 Å². The summed E-state index contributed by atoms with van der Waals surface area (Å²) >= 11 is 0. The molecule has 25 heavy (non-hydrogen) atoms. The van der Waals surface area contributed by atoms with Gasteiger partial charge in [0.05, 0.1) is 11.8 Å². The lowest BCUT2D eigenvalue weighted by Crippen LogP contribution is -2.51. The molecule has 3 rings (SSSR count). The predicted octanol–water partition coefficient (Wildman–Crippen LogP) is 1.92. The van der Waals surface area contributed by atoms with Gasteiger partial charge in [0.2, 0.25) is 5.91 Å². The maximum Gasteiger partial charge on any atom is 0.244 e. The summed E-state index contributed by atoms with van der Waals surface area (Å²) in [6.45, 7) is 9.06. The van der Waals surface area contributed by atoms with Gasteiger partial charge in [-0.25, -0.2) is 0 Å². The van der Waals surface area contributed by atoms with E-state index in [1.807, 2.05) is 23.7 Å². The number of aryl methyl sites for hydroxylation is 1. The van der Waals surface area contributed by atoms with Gasteiger partial charge in [-0.3, -0.25) is 9.48 Å². The fourth-order valence-electron chi connectivity index (χ4n) is 3.83. The van der Waals surface area contributed by atoms with Crippen molar-refractivity contribution in [1.29, 1.82) is 0 Å². The van der Waals surface area contributed by atoms with E-state index in [0.717, 1.165) is 44.9 Å². The molecule has 0 saturated carbocycles. The third-order valence-electron chi connectivity index (χ3n) is 5.26. The largest absolute Gasteiger partial charge is 0.377 e. The molecule has 3 unspecified atom stereocenters. The van der Waals surface area contributed by atoms with Crippen LogP contribution in [-0.2, 0) is 16.1 Å². The number of carbonyl (C=O) groups is 1. The molecule has 2 saturated heterocycles. The molecule has 0 spiro atoms. The highest BCUT2D eigenvalue weighted by molar-refractivity contribution is 5.91. The number of likely N-dealkylation sites (tertiary alicyclic amines) is 1. The van der Waals surface area contributed by atoms with Crippen molar-refractivity contribution in [3.05, 3.63) is 24.0 Å². The second kappa shape index (κ2) is 8.63. The van der Waals surface area contributed by atoms with Crippen LogP contribution in [0.15, 0.2) is 18.3 Å². The summed E-state index contributed by atoms with van der Waals surface area (Å²) in [5.74, 6) is 0.432. The van der Waals surface area contributed by atoms with Gasteiger partial charge in [0.1, 0.15) is 0 Å². The normalized spacial score (nSPS) is 27.8. The number of aromatic nitrogens is 2. The van der Waals surface area contributed by atoms with Gasteiger partial charge in [-0.05, 0) is 44.2 Å². The molecule has 2 aliphatic heterocycles. The van der Waals surface area contributed by atoms with E-state index in [9.17, 15) is 4.79 Å². The molecule has 2 aliphatic rings.